The Hall–Kier alpha value is -2.02. The van der Waals surface area contributed by atoms with Crippen molar-refractivity contribution in [3.8, 4) is 0 Å². The van der Waals surface area contributed by atoms with E-state index in [4.69, 9.17) is 0 Å². The number of likely N-dealkylation sites (tertiary alicyclic amines) is 2. The zero-order chi connectivity index (χ0) is 18.9. The van der Waals surface area contributed by atoms with Crippen LogP contribution in [0.5, 0.6) is 0 Å². The van der Waals surface area contributed by atoms with E-state index < -0.39 is 11.6 Å². The highest BCUT2D eigenvalue weighted by Crippen LogP contribution is 2.41. The second-order valence-electron chi connectivity index (χ2n) is 7.77. The van der Waals surface area contributed by atoms with Crippen LogP contribution >= 0.6 is 0 Å². The molecule has 0 N–H and O–H groups in total. The van der Waals surface area contributed by atoms with Gasteiger partial charge >= 0.3 is 0 Å². The van der Waals surface area contributed by atoms with Crippen molar-refractivity contribution >= 4 is 11.8 Å². The minimum Gasteiger partial charge on any atom is -0.348 e. The van der Waals surface area contributed by atoms with Crippen LogP contribution in [0.1, 0.15) is 24.8 Å². The molecule has 1 spiro atoms. The standard InChI is InChI=1S/C19H25F2N3O2/c1-22(2)18(26)12-23-5-3-19(4-6-23)10-17(25)24(13-19)11-14-7-15(20)9-16(21)8-14/h7-9H,3-6,10-13H2,1-2H3. The molecule has 2 amide bonds. The van der Waals surface area contributed by atoms with Gasteiger partial charge in [0, 0.05) is 39.7 Å². The van der Waals surface area contributed by atoms with Crippen LogP contribution in [0.4, 0.5) is 8.78 Å². The highest BCUT2D eigenvalue weighted by atomic mass is 19.1. The van der Waals surface area contributed by atoms with E-state index in [9.17, 15) is 18.4 Å². The molecule has 7 heteroatoms. The van der Waals surface area contributed by atoms with Gasteiger partial charge in [-0.3, -0.25) is 14.5 Å². The average Bonchev–Trinajstić information content (AvgIpc) is 2.84. The van der Waals surface area contributed by atoms with E-state index in [0.29, 0.717) is 25.1 Å². The first kappa shape index (κ1) is 18.8. The van der Waals surface area contributed by atoms with Gasteiger partial charge in [-0.15, -0.1) is 0 Å². The summed E-state index contributed by atoms with van der Waals surface area (Å²) in [5.41, 5.74) is 0.391. The Morgan fingerprint density at radius 1 is 1.15 bits per heavy atom. The molecule has 3 rings (SSSR count). The lowest BCUT2D eigenvalue weighted by atomic mass is 9.77. The van der Waals surface area contributed by atoms with Crippen molar-refractivity contribution in [2.45, 2.75) is 25.8 Å². The summed E-state index contributed by atoms with van der Waals surface area (Å²) in [6.07, 6.45) is 2.18. The third-order valence-electron chi connectivity index (χ3n) is 5.48. The monoisotopic (exact) mass is 365 g/mol. The normalized spacial score (nSPS) is 20.0. The number of benzene rings is 1. The molecular formula is C19H25F2N3O2. The van der Waals surface area contributed by atoms with Crippen LogP contribution in [0.15, 0.2) is 18.2 Å². The van der Waals surface area contributed by atoms with E-state index >= 15 is 0 Å². The van der Waals surface area contributed by atoms with Crippen LogP contribution in [0.2, 0.25) is 0 Å². The number of hydrogen-bond donors (Lipinski definition) is 0. The van der Waals surface area contributed by atoms with E-state index in [-0.39, 0.29) is 23.8 Å². The van der Waals surface area contributed by atoms with Crippen molar-refractivity contribution in [3.63, 3.8) is 0 Å². The Morgan fingerprint density at radius 3 is 2.35 bits per heavy atom. The van der Waals surface area contributed by atoms with Crippen LogP contribution in [0.25, 0.3) is 0 Å². The largest absolute Gasteiger partial charge is 0.348 e. The lowest BCUT2D eigenvalue weighted by Gasteiger charge is -2.38. The number of carbonyl (C=O) groups is 2. The zero-order valence-corrected chi connectivity index (χ0v) is 15.3. The summed E-state index contributed by atoms with van der Waals surface area (Å²) in [6, 6.07) is 3.38. The molecule has 0 unspecified atom stereocenters. The maximum atomic E-state index is 13.4. The molecule has 26 heavy (non-hydrogen) atoms. The Morgan fingerprint density at radius 2 is 1.77 bits per heavy atom. The first-order valence-corrected chi connectivity index (χ1v) is 8.92. The quantitative estimate of drug-likeness (QED) is 0.818. The molecular weight excluding hydrogens is 340 g/mol. The molecule has 2 aliphatic rings. The molecule has 2 aliphatic heterocycles. The van der Waals surface area contributed by atoms with Gasteiger partial charge < -0.3 is 9.80 Å². The molecule has 0 radical (unpaired) electrons. The van der Waals surface area contributed by atoms with Crippen molar-refractivity contribution in [1.82, 2.24) is 14.7 Å². The topological polar surface area (TPSA) is 43.9 Å². The van der Waals surface area contributed by atoms with Crippen LogP contribution < -0.4 is 0 Å². The van der Waals surface area contributed by atoms with Gasteiger partial charge in [-0.2, -0.15) is 0 Å². The summed E-state index contributed by atoms with van der Waals surface area (Å²) in [4.78, 5) is 29.7. The Kier molecular flexibility index (Phi) is 5.27. The Labute approximate surface area is 152 Å². The molecule has 2 fully saturated rings. The van der Waals surface area contributed by atoms with Crippen molar-refractivity contribution in [3.05, 3.63) is 35.4 Å². The third kappa shape index (κ3) is 4.20. The molecule has 142 valence electrons. The van der Waals surface area contributed by atoms with Gasteiger partial charge in [0.2, 0.25) is 11.8 Å². The fraction of sp³-hybridized carbons (Fsp3) is 0.579. The molecule has 0 bridgehead atoms. The lowest BCUT2D eigenvalue weighted by molar-refractivity contribution is -0.131. The van der Waals surface area contributed by atoms with E-state index in [1.54, 1.807) is 23.9 Å². The predicted octanol–water partition coefficient (Wildman–Crippen LogP) is 1.87. The number of carbonyl (C=O) groups excluding carboxylic acids is 2. The van der Waals surface area contributed by atoms with E-state index in [1.165, 1.54) is 12.1 Å². The first-order valence-electron chi connectivity index (χ1n) is 8.92. The minimum absolute atomic E-state index is 0.0347. The molecule has 5 nitrogen and oxygen atoms in total. The van der Waals surface area contributed by atoms with Gasteiger partial charge in [-0.25, -0.2) is 8.78 Å². The van der Waals surface area contributed by atoms with Gasteiger partial charge in [0.1, 0.15) is 11.6 Å². The molecule has 2 heterocycles. The first-order chi connectivity index (χ1) is 12.3. The summed E-state index contributed by atoms with van der Waals surface area (Å²) in [5.74, 6) is -1.13. The number of nitrogens with zero attached hydrogens (tertiary/aromatic N) is 3. The number of amides is 2. The number of halogens is 2. The molecule has 0 atom stereocenters. The third-order valence-corrected chi connectivity index (χ3v) is 5.48. The van der Waals surface area contributed by atoms with E-state index in [2.05, 4.69) is 4.90 Å². The minimum atomic E-state index is -0.625. The smallest absolute Gasteiger partial charge is 0.236 e. The summed E-state index contributed by atoms with van der Waals surface area (Å²) in [7, 11) is 3.49. The second kappa shape index (κ2) is 7.31. The zero-order valence-electron chi connectivity index (χ0n) is 15.3. The second-order valence-corrected chi connectivity index (χ2v) is 7.77. The van der Waals surface area contributed by atoms with E-state index in [0.717, 1.165) is 32.0 Å². The van der Waals surface area contributed by atoms with E-state index in [1.807, 2.05) is 0 Å². The molecule has 0 aliphatic carbocycles. The summed E-state index contributed by atoms with van der Waals surface area (Å²) < 4.78 is 26.7. The Bertz CT molecular complexity index is 680. The van der Waals surface area contributed by atoms with Crippen molar-refractivity contribution in [2.75, 3.05) is 40.3 Å². The number of piperidine rings is 1. The van der Waals surface area contributed by atoms with Gasteiger partial charge in [0.05, 0.1) is 6.54 Å². The van der Waals surface area contributed by atoms with Gasteiger partial charge in [-0.05, 0) is 49.0 Å². The molecule has 0 aromatic heterocycles. The summed E-state index contributed by atoms with van der Waals surface area (Å²) in [5, 5.41) is 0. The fourth-order valence-electron chi connectivity index (χ4n) is 3.90. The number of likely N-dealkylation sites (N-methyl/N-ethyl adjacent to an activating group) is 1. The molecule has 2 saturated heterocycles. The predicted molar refractivity (Wildman–Crippen MR) is 93.2 cm³/mol. The van der Waals surface area contributed by atoms with Crippen molar-refractivity contribution in [1.29, 1.82) is 0 Å². The summed E-state index contributed by atoms with van der Waals surface area (Å²) in [6.45, 7) is 2.82. The van der Waals surface area contributed by atoms with Crippen molar-refractivity contribution in [2.24, 2.45) is 5.41 Å². The molecule has 1 aromatic rings. The van der Waals surface area contributed by atoms with Crippen LogP contribution in [-0.2, 0) is 16.1 Å². The van der Waals surface area contributed by atoms with Gasteiger partial charge in [0.15, 0.2) is 0 Å². The average molecular weight is 365 g/mol. The summed E-state index contributed by atoms with van der Waals surface area (Å²) >= 11 is 0. The van der Waals surface area contributed by atoms with Gasteiger partial charge in [-0.1, -0.05) is 0 Å². The maximum Gasteiger partial charge on any atom is 0.236 e. The van der Waals surface area contributed by atoms with Crippen LogP contribution in [0, 0.1) is 17.0 Å². The SMILES string of the molecule is CN(C)C(=O)CN1CCC2(CC1)CC(=O)N(Cc1cc(F)cc(F)c1)C2. The number of rotatable bonds is 4. The maximum absolute atomic E-state index is 13.4. The fourth-order valence-corrected chi connectivity index (χ4v) is 3.90. The van der Waals surface area contributed by atoms with Gasteiger partial charge in [0.25, 0.3) is 0 Å². The van der Waals surface area contributed by atoms with Crippen LogP contribution in [0.3, 0.4) is 0 Å². The molecule has 1 aromatic carbocycles. The van der Waals surface area contributed by atoms with Crippen molar-refractivity contribution < 1.29 is 18.4 Å². The highest BCUT2D eigenvalue weighted by Gasteiger charge is 2.44. The molecule has 0 saturated carbocycles. The number of hydrogen-bond acceptors (Lipinski definition) is 3. The lowest BCUT2D eigenvalue weighted by Crippen LogP contribution is -2.45. The Balaban J connectivity index is 1.58. The highest BCUT2D eigenvalue weighted by molar-refractivity contribution is 5.79. The van der Waals surface area contributed by atoms with Crippen LogP contribution in [-0.4, -0.2) is 66.8 Å².